The molecule has 1 heterocycles. The lowest BCUT2D eigenvalue weighted by Gasteiger charge is -2.13. The number of ether oxygens (including phenoxy) is 2. The summed E-state index contributed by atoms with van der Waals surface area (Å²) in [6, 6.07) is 8.47. The highest BCUT2D eigenvalue weighted by Gasteiger charge is 2.21. The van der Waals surface area contributed by atoms with Gasteiger partial charge in [-0.15, -0.1) is 11.3 Å². The average molecular weight is 410 g/mol. The Kier molecular flexibility index (Phi) is 7.38. The predicted molar refractivity (Wildman–Crippen MR) is 103 cm³/mol. The first kappa shape index (κ1) is 20.9. The number of thiophene rings is 1. The van der Waals surface area contributed by atoms with Gasteiger partial charge in [-0.1, -0.05) is 11.6 Å². The van der Waals surface area contributed by atoms with Crippen molar-refractivity contribution in [3.05, 3.63) is 50.7 Å². The van der Waals surface area contributed by atoms with E-state index >= 15 is 0 Å². The Morgan fingerprint density at radius 3 is 2.63 bits per heavy atom. The van der Waals surface area contributed by atoms with Crippen LogP contribution in [0.25, 0.3) is 0 Å². The molecule has 0 saturated carbocycles. The smallest absolute Gasteiger partial charge is 0.344 e. The van der Waals surface area contributed by atoms with Gasteiger partial charge in [0.2, 0.25) is 11.7 Å². The number of nitrogens with one attached hydrogen (secondary N) is 1. The van der Waals surface area contributed by atoms with Gasteiger partial charge in [-0.3, -0.25) is 9.59 Å². The van der Waals surface area contributed by atoms with Crippen LogP contribution in [0.1, 0.15) is 34.0 Å². The van der Waals surface area contributed by atoms with Crippen LogP contribution in [0, 0.1) is 6.92 Å². The van der Waals surface area contributed by atoms with E-state index in [2.05, 4.69) is 5.32 Å². The average Bonchev–Trinajstić information content (AvgIpc) is 3.07. The van der Waals surface area contributed by atoms with Crippen molar-refractivity contribution >= 4 is 40.6 Å². The number of aryl methyl sites for hydroxylation is 1. The van der Waals surface area contributed by atoms with E-state index in [0.29, 0.717) is 22.2 Å². The summed E-state index contributed by atoms with van der Waals surface area (Å²) in [7, 11) is 0. The zero-order valence-corrected chi connectivity index (χ0v) is 16.8. The number of halogens is 1. The third kappa shape index (κ3) is 6.37. The molecule has 27 heavy (non-hydrogen) atoms. The minimum atomic E-state index is -0.931. The molecule has 0 aliphatic rings. The van der Waals surface area contributed by atoms with E-state index < -0.39 is 12.1 Å². The minimum absolute atomic E-state index is 0.144. The molecule has 144 valence electrons. The predicted octanol–water partition coefficient (Wildman–Crippen LogP) is 3.54. The van der Waals surface area contributed by atoms with Gasteiger partial charge in [-0.2, -0.15) is 0 Å². The number of carbonyl (C=O) groups excluding carboxylic acids is 3. The summed E-state index contributed by atoms with van der Waals surface area (Å²) in [6.45, 7) is 4.80. The van der Waals surface area contributed by atoms with Crippen molar-refractivity contribution in [2.24, 2.45) is 0 Å². The fourth-order valence-corrected chi connectivity index (χ4v) is 3.41. The van der Waals surface area contributed by atoms with Crippen molar-refractivity contribution in [1.29, 1.82) is 0 Å². The molecule has 0 aliphatic heterocycles. The van der Waals surface area contributed by atoms with Crippen molar-refractivity contribution in [2.45, 2.75) is 33.4 Å². The second-order valence-electron chi connectivity index (χ2n) is 5.87. The monoisotopic (exact) mass is 409 g/mol. The lowest BCUT2D eigenvalue weighted by atomic mass is 10.2. The minimum Gasteiger partial charge on any atom is -0.482 e. The van der Waals surface area contributed by atoms with E-state index in [-0.39, 0.29) is 18.3 Å². The molecule has 1 amide bonds. The lowest BCUT2D eigenvalue weighted by Crippen LogP contribution is -2.26. The standard InChI is InChI=1S/C19H20ClNO5S/c1-11-8-14(20)4-6-16(11)25-10-18(23)26-12(2)19(24)17-7-5-15(27-17)9-21-13(3)22/h4-8,12H,9-10H2,1-3H3,(H,21,22). The summed E-state index contributed by atoms with van der Waals surface area (Å²) >= 11 is 7.13. The molecule has 0 aliphatic carbocycles. The van der Waals surface area contributed by atoms with Crippen LogP contribution < -0.4 is 10.1 Å². The number of Topliss-reactive ketones (excluding diaryl/α,β-unsaturated/α-hetero) is 1. The molecule has 1 aromatic carbocycles. The van der Waals surface area contributed by atoms with E-state index in [1.807, 2.05) is 6.92 Å². The van der Waals surface area contributed by atoms with Crippen LogP contribution in [0.2, 0.25) is 5.02 Å². The van der Waals surface area contributed by atoms with Crippen molar-refractivity contribution in [3.63, 3.8) is 0 Å². The van der Waals surface area contributed by atoms with Crippen LogP contribution in [0.4, 0.5) is 0 Å². The highest BCUT2D eigenvalue weighted by molar-refractivity contribution is 7.14. The lowest BCUT2D eigenvalue weighted by molar-refractivity contribution is -0.148. The Morgan fingerprint density at radius 1 is 1.22 bits per heavy atom. The van der Waals surface area contributed by atoms with Crippen LogP contribution >= 0.6 is 22.9 Å². The summed E-state index contributed by atoms with van der Waals surface area (Å²) in [5, 5.41) is 3.24. The Balaban J connectivity index is 1.86. The molecule has 0 bridgehead atoms. The molecule has 6 nitrogen and oxygen atoms in total. The quantitative estimate of drug-likeness (QED) is 0.532. The van der Waals surface area contributed by atoms with Gasteiger partial charge >= 0.3 is 5.97 Å². The summed E-state index contributed by atoms with van der Waals surface area (Å²) in [4.78, 5) is 36.6. The van der Waals surface area contributed by atoms with Gasteiger partial charge in [-0.05, 0) is 49.7 Å². The fraction of sp³-hybridized carbons (Fsp3) is 0.316. The largest absolute Gasteiger partial charge is 0.482 e. The molecule has 0 radical (unpaired) electrons. The van der Waals surface area contributed by atoms with E-state index in [1.54, 1.807) is 30.3 Å². The Bertz CT molecular complexity index is 848. The van der Waals surface area contributed by atoms with E-state index in [4.69, 9.17) is 21.1 Å². The van der Waals surface area contributed by atoms with Gasteiger partial charge in [0.1, 0.15) is 5.75 Å². The molecule has 0 fully saturated rings. The molecule has 0 saturated heterocycles. The van der Waals surface area contributed by atoms with Crippen LogP contribution in [0.3, 0.4) is 0 Å². The Labute approximate surface area is 166 Å². The molecule has 1 aromatic heterocycles. The van der Waals surface area contributed by atoms with Crippen molar-refractivity contribution in [1.82, 2.24) is 5.32 Å². The first-order valence-electron chi connectivity index (χ1n) is 8.22. The maximum absolute atomic E-state index is 12.4. The van der Waals surface area contributed by atoms with Gasteiger partial charge in [0, 0.05) is 16.8 Å². The topological polar surface area (TPSA) is 81.7 Å². The SMILES string of the molecule is CC(=O)NCc1ccc(C(=O)C(C)OC(=O)COc2ccc(Cl)cc2C)s1. The van der Waals surface area contributed by atoms with Gasteiger partial charge in [0.25, 0.3) is 0 Å². The van der Waals surface area contributed by atoms with Gasteiger partial charge in [0.15, 0.2) is 12.7 Å². The molecule has 1 unspecified atom stereocenters. The van der Waals surface area contributed by atoms with Crippen LogP contribution in [-0.2, 0) is 20.9 Å². The van der Waals surface area contributed by atoms with E-state index in [1.165, 1.54) is 25.2 Å². The van der Waals surface area contributed by atoms with Gasteiger partial charge in [-0.25, -0.2) is 4.79 Å². The van der Waals surface area contributed by atoms with Crippen LogP contribution in [-0.4, -0.2) is 30.4 Å². The highest BCUT2D eigenvalue weighted by Crippen LogP contribution is 2.22. The van der Waals surface area contributed by atoms with Crippen LogP contribution in [0.5, 0.6) is 5.75 Å². The first-order chi connectivity index (χ1) is 12.8. The Hall–Kier alpha value is -2.38. The second kappa shape index (κ2) is 9.53. The maximum atomic E-state index is 12.4. The zero-order valence-electron chi connectivity index (χ0n) is 15.2. The number of hydrogen-bond acceptors (Lipinski definition) is 6. The highest BCUT2D eigenvalue weighted by atomic mass is 35.5. The number of benzene rings is 1. The third-order valence-electron chi connectivity index (χ3n) is 3.58. The number of hydrogen-bond donors (Lipinski definition) is 1. The summed E-state index contributed by atoms with van der Waals surface area (Å²) in [5.41, 5.74) is 0.796. The number of carbonyl (C=O) groups is 3. The molecular weight excluding hydrogens is 390 g/mol. The van der Waals surface area contributed by atoms with Crippen molar-refractivity contribution in [3.8, 4) is 5.75 Å². The van der Waals surface area contributed by atoms with Gasteiger partial charge in [0.05, 0.1) is 11.4 Å². The fourth-order valence-electron chi connectivity index (χ4n) is 2.21. The summed E-state index contributed by atoms with van der Waals surface area (Å²) in [6.07, 6.45) is -0.931. The van der Waals surface area contributed by atoms with Crippen molar-refractivity contribution < 1.29 is 23.9 Å². The summed E-state index contributed by atoms with van der Waals surface area (Å²) in [5.74, 6) is -0.559. The van der Waals surface area contributed by atoms with E-state index in [9.17, 15) is 14.4 Å². The first-order valence-corrected chi connectivity index (χ1v) is 9.41. The molecule has 2 aromatic rings. The second-order valence-corrected chi connectivity index (χ2v) is 7.48. The Morgan fingerprint density at radius 2 is 1.96 bits per heavy atom. The number of rotatable bonds is 8. The van der Waals surface area contributed by atoms with Gasteiger partial charge < -0.3 is 14.8 Å². The molecule has 0 spiro atoms. The normalized spacial score (nSPS) is 11.6. The number of esters is 1. The molecule has 2 rings (SSSR count). The molecule has 1 N–H and O–H groups in total. The molecule has 8 heteroatoms. The zero-order chi connectivity index (χ0) is 20.0. The van der Waals surface area contributed by atoms with Crippen molar-refractivity contribution in [2.75, 3.05) is 6.61 Å². The maximum Gasteiger partial charge on any atom is 0.344 e. The number of ketones is 1. The van der Waals surface area contributed by atoms with E-state index in [0.717, 1.165) is 10.4 Å². The molecular formula is C19H20ClNO5S. The summed E-state index contributed by atoms with van der Waals surface area (Å²) < 4.78 is 10.6. The van der Waals surface area contributed by atoms with Crippen LogP contribution in [0.15, 0.2) is 30.3 Å². The molecule has 1 atom stereocenters. The third-order valence-corrected chi connectivity index (χ3v) is 4.91. The number of amides is 1.